The number of methoxy groups -OCH3 is 1. The third kappa shape index (κ3) is 3.99. The fourth-order valence-corrected chi connectivity index (χ4v) is 2.54. The first-order chi connectivity index (χ1) is 12.2. The summed E-state index contributed by atoms with van der Waals surface area (Å²) in [7, 11) is 3.55. The van der Waals surface area contributed by atoms with Crippen LogP contribution in [0, 0.1) is 0 Å². The number of hydrogen-bond donors (Lipinski definition) is 2. The van der Waals surface area contributed by atoms with Gasteiger partial charge in [-0.15, -0.1) is 0 Å². The van der Waals surface area contributed by atoms with Crippen molar-refractivity contribution in [3.63, 3.8) is 0 Å². The zero-order valence-corrected chi connectivity index (χ0v) is 14.9. The van der Waals surface area contributed by atoms with Gasteiger partial charge >= 0.3 is 0 Å². The predicted molar refractivity (Wildman–Crippen MR) is 100 cm³/mol. The standard InChI is InChI=1S/C18H24N6O/c1-4-5-10-19-18-22-16(15-12-21-24(2)17(15)23-18)20-11-13-6-8-14(25-3)9-7-13/h6-9,12H,4-5,10-11H2,1-3H3,(H2,19,20,22,23). The molecule has 0 bridgehead atoms. The molecule has 2 N–H and O–H groups in total. The highest BCUT2D eigenvalue weighted by atomic mass is 16.5. The summed E-state index contributed by atoms with van der Waals surface area (Å²) < 4.78 is 6.96. The first kappa shape index (κ1) is 17.0. The van der Waals surface area contributed by atoms with Crippen LogP contribution in [-0.2, 0) is 13.6 Å². The van der Waals surface area contributed by atoms with Crippen molar-refractivity contribution in [3.8, 4) is 5.75 Å². The molecule has 1 aromatic carbocycles. The summed E-state index contributed by atoms with van der Waals surface area (Å²) in [6.07, 6.45) is 4.01. The van der Waals surface area contributed by atoms with E-state index >= 15 is 0 Å². The maximum absolute atomic E-state index is 5.19. The van der Waals surface area contributed by atoms with Gasteiger partial charge in [0.05, 0.1) is 18.7 Å². The molecular weight excluding hydrogens is 316 g/mol. The largest absolute Gasteiger partial charge is 0.497 e. The van der Waals surface area contributed by atoms with E-state index in [0.29, 0.717) is 12.5 Å². The van der Waals surface area contributed by atoms with Crippen LogP contribution < -0.4 is 15.4 Å². The molecule has 132 valence electrons. The third-order valence-electron chi connectivity index (χ3n) is 4.02. The van der Waals surface area contributed by atoms with Crippen LogP contribution in [0.5, 0.6) is 5.75 Å². The van der Waals surface area contributed by atoms with E-state index in [1.54, 1.807) is 18.0 Å². The average Bonchev–Trinajstić information content (AvgIpc) is 3.02. The van der Waals surface area contributed by atoms with Gasteiger partial charge in [0.15, 0.2) is 5.65 Å². The molecule has 0 saturated heterocycles. The fraction of sp³-hybridized carbons (Fsp3) is 0.389. The number of aromatic nitrogens is 4. The SMILES string of the molecule is CCCCNc1nc(NCc2ccc(OC)cc2)c2cnn(C)c2n1. The average molecular weight is 340 g/mol. The summed E-state index contributed by atoms with van der Waals surface area (Å²) in [5, 5.41) is 11.9. The fourth-order valence-electron chi connectivity index (χ4n) is 2.54. The van der Waals surface area contributed by atoms with Crippen LogP contribution in [-0.4, -0.2) is 33.4 Å². The number of nitrogens with zero attached hydrogens (tertiary/aromatic N) is 4. The summed E-state index contributed by atoms with van der Waals surface area (Å²) in [6.45, 7) is 3.69. The van der Waals surface area contributed by atoms with Crippen molar-refractivity contribution in [3.05, 3.63) is 36.0 Å². The van der Waals surface area contributed by atoms with Gasteiger partial charge in [0, 0.05) is 20.1 Å². The lowest BCUT2D eigenvalue weighted by atomic mass is 10.2. The maximum Gasteiger partial charge on any atom is 0.226 e. The van der Waals surface area contributed by atoms with Crippen molar-refractivity contribution < 1.29 is 4.74 Å². The van der Waals surface area contributed by atoms with E-state index in [1.807, 2.05) is 31.3 Å². The molecule has 7 heteroatoms. The molecule has 0 amide bonds. The van der Waals surface area contributed by atoms with E-state index in [4.69, 9.17) is 4.74 Å². The number of ether oxygens (including phenoxy) is 1. The molecule has 0 unspecified atom stereocenters. The molecule has 2 heterocycles. The highest BCUT2D eigenvalue weighted by molar-refractivity contribution is 5.87. The molecule has 0 aliphatic rings. The molecule has 0 atom stereocenters. The topological polar surface area (TPSA) is 76.9 Å². The van der Waals surface area contributed by atoms with Gasteiger partial charge in [-0.1, -0.05) is 25.5 Å². The van der Waals surface area contributed by atoms with Crippen LogP contribution >= 0.6 is 0 Å². The van der Waals surface area contributed by atoms with Gasteiger partial charge in [-0.3, -0.25) is 4.68 Å². The van der Waals surface area contributed by atoms with Gasteiger partial charge in [0.25, 0.3) is 0 Å². The van der Waals surface area contributed by atoms with Crippen LogP contribution in [0.15, 0.2) is 30.5 Å². The Morgan fingerprint density at radius 2 is 1.92 bits per heavy atom. The molecule has 25 heavy (non-hydrogen) atoms. The minimum absolute atomic E-state index is 0.627. The molecule has 3 rings (SSSR count). The Morgan fingerprint density at radius 1 is 1.12 bits per heavy atom. The molecule has 0 fully saturated rings. The summed E-state index contributed by atoms with van der Waals surface area (Å²) in [6, 6.07) is 7.98. The molecule has 0 spiro atoms. The Hall–Kier alpha value is -2.83. The van der Waals surface area contributed by atoms with Crippen molar-refractivity contribution in [2.75, 3.05) is 24.3 Å². The maximum atomic E-state index is 5.19. The molecule has 3 aromatic rings. The molecular formula is C18H24N6O. The summed E-state index contributed by atoms with van der Waals surface area (Å²) in [4.78, 5) is 9.19. The molecule has 0 aliphatic carbocycles. The Labute approximate surface area is 147 Å². The lowest BCUT2D eigenvalue weighted by Crippen LogP contribution is -2.09. The smallest absolute Gasteiger partial charge is 0.226 e. The van der Waals surface area contributed by atoms with Crippen molar-refractivity contribution in [1.82, 2.24) is 19.7 Å². The zero-order valence-electron chi connectivity index (χ0n) is 14.9. The molecule has 0 saturated carbocycles. The Balaban J connectivity index is 1.80. The van der Waals surface area contributed by atoms with Crippen molar-refractivity contribution in [2.24, 2.45) is 7.05 Å². The number of rotatable bonds is 8. The predicted octanol–water partition coefficient (Wildman–Crippen LogP) is 3.20. The van der Waals surface area contributed by atoms with E-state index in [9.17, 15) is 0 Å². The highest BCUT2D eigenvalue weighted by Gasteiger charge is 2.11. The summed E-state index contributed by atoms with van der Waals surface area (Å²) in [5.74, 6) is 2.26. The minimum atomic E-state index is 0.627. The summed E-state index contributed by atoms with van der Waals surface area (Å²) >= 11 is 0. The number of hydrogen-bond acceptors (Lipinski definition) is 6. The number of anilines is 2. The van der Waals surface area contributed by atoms with E-state index in [-0.39, 0.29) is 0 Å². The van der Waals surface area contributed by atoms with Gasteiger partial charge in [-0.2, -0.15) is 15.1 Å². The first-order valence-electron chi connectivity index (χ1n) is 8.51. The van der Waals surface area contributed by atoms with Gasteiger partial charge in [0.2, 0.25) is 5.95 Å². The molecule has 0 aliphatic heterocycles. The van der Waals surface area contributed by atoms with Crippen molar-refractivity contribution >= 4 is 22.8 Å². The minimum Gasteiger partial charge on any atom is -0.497 e. The van der Waals surface area contributed by atoms with Gasteiger partial charge in [-0.25, -0.2) is 0 Å². The van der Waals surface area contributed by atoms with Crippen LogP contribution in [0.2, 0.25) is 0 Å². The number of unbranched alkanes of at least 4 members (excludes halogenated alkanes) is 1. The van der Waals surface area contributed by atoms with Crippen molar-refractivity contribution in [2.45, 2.75) is 26.3 Å². The van der Waals surface area contributed by atoms with Gasteiger partial charge < -0.3 is 15.4 Å². The van der Waals surface area contributed by atoms with Crippen LogP contribution in [0.4, 0.5) is 11.8 Å². The lowest BCUT2D eigenvalue weighted by Gasteiger charge is -2.10. The number of nitrogens with one attached hydrogen (secondary N) is 2. The van der Waals surface area contributed by atoms with E-state index < -0.39 is 0 Å². The van der Waals surface area contributed by atoms with E-state index in [1.165, 1.54) is 0 Å². The van der Waals surface area contributed by atoms with E-state index in [0.717, 1.165) is 47.6 Å². The molecule has 7 nitrogen and oxygen atoms in total. The third-order valence-corrected chi connectivity index (χ3v) is 4.02. The Bertz CT molecular complexity index is 827. The zero-order chi connectivity index (χ0) is 17.6. The molecule has 2 aromatic heterocycles. The van der Waals surface area contributed by atoms with Crippen LogP contribution in [0.25, 0.3) is 11.0 Å². The van der Waals surface area contributed by atoms with Crippen LogP contribution in [0.1, 0.15) is 25.3 Å². The number of fused-ring (bicyclic) bond motifs is 1. The lowest BCUT2D eigenvalue weighted by molar-refractivity contribution is 0.414. The second-order valence-electron chi connectivity index (χ2n) is 5.88. The van der Waals surface area contributed by atoms with Crippen LogP contribution in [0.3, 0.4) is 0 Å². The first-order valence-corrected chi connectivity index (χ1v) is 8.51. The van der Waals surface area contributed by atoms with Gasteiger partial charge in [-0.05, 0) is 24.1 Å². The summed E-state index contributed by atoms with van der Waals surface area (Å²) in [5.41, 5.74) is 1.96. The quantitative estimate of drug-likeness (QED) is 0.613. The second-order valence-corrected chi connectivity index (χ2v) is 5.88. The second kappa shape index (κ2) is 7.83. The van der Waals surface area contributed by atoms with Crippen molar-refractivity contribution in [1.29, 1.82) is 0 Å². The monoisotopic (exact) mass is 340 g/mol. The number of aryl methyl sites for hydroxylation is 1. The Kier molecular flexibility index (Phi) is 5.33. The van der Waals surface area contributed by atoms with Gasteiger partial charge in [0.1, 0.15) is 11.6 Å². The Morgan fingerprint density at radius 3 is 2.64 bits per heavy atom. The van der Waals surface area contributed by atoms with E-state index in [2.05, 4.69) is 32.6 Å². The molecule has 0 radical (unpaired) electrons. The normalized spacial score (nSPS) is 10.8. The number of benzene rings is 1. The highest BCUT2D eigenvalue weighted by Crippen LogP contribution is 2.22.